The molecule has 4 rings (SSSR count). The maximum absolute atomic E-state index is 13.6. The number of carbonyl (C=O) groups is 1. The molecule has 1 fully saturated rings. The fraction of sp³-hybridized carbons (Fsp3) is 0.480. The summed E-state index contributed by atoms with van der Waals surface area (Å²) < 4.78 is 51.3. The van der Waals surface area contributed by atoms with E-state index in [4.69, 9.17) is 9.47 Å². The summed E-state index contributed by atoms with van der Waals surface area (Å²) in [7, 11) is 1.35. The lowest BCUT2D eigenvalue weighted by Gasteiger charge is -2.42. The number of H-pyrrole nitrogens is 1. The lowest BCUT2D eigenvalue weighted by Crippen LogP contribution is -2.48. The van der Waals surface area contributed by atoms with Gasteiger partial charge < -0.3 is 14.5 Å². The first-order chi connectivity index (χ1) is 16.1. The van der Waals surface area contributed by atoms with E-state index in [0.29, 0.717) is 30.0 Å². The highest BCUT2D eigenvalue weighted by atomic mass is 19.4. The van der Waals surface area contributed by atoms with Crippen LogP contribution in [0.2, 0.25) is 0 Å². The van der Waals surface area contributed by atoms with Crippen LogP contribution >= 0.6 is 0 Å². The highest BCUT2D eigenvalue weighted by Gasteiger charge is 2.60. The Morgan fingerprint density at radius 3 is 2.44 bits per heavy atom. The minimum Gasteiger partial charge on any atom is -0.492 e. The Labute approximate surface area is 196 Å². The normalized spacial score (nSPS) is 19.8. The molecular formula is C25H28F3N3O3. The minimum absolute atomic E-state index is 0.0905. The lowest BCUT2D eigenvalue weighted by molar-refractivity contribution is -0.214. The molecule has 2 aliphatic rings. The molecule has 9 heteroatoms. The van der Waals surface area contributed by atoms with Gasteiger partial charge in [0.2, 0.25) is 0 Å². The van der Waals surface area contributed by atoms with Gasteiger partial charge >= 0.3 is 12.1 Å². The maximum Gasteiger partial charge on any atom is 0.399 e. The number of carbonyl (C=O) groups excluding carboxylic acids is 1. The van der Waals surface area contributed by atoms with E-state index in [9.17, 15) is 18.0 Å². The Morgan fingerprint density at radius 1 is 1.21 bits per heavy atom. The van der Waals surface area contributed by atoms with Gasteiger partial charge in [0.1, 0.15) is 23.6 Å². The molecule has 2 aromatic rings. The SMILES string of the molecule is COC(=O)C(C)(C)COc1ccc(C2CC=C(c3ncc(C4(C(F)(F)F)CCC4)[nH]3)C=N2)cc1. The standard InChI is InChI=1S/C25H28F3N3O3/c1-23(2,22(32)33-3)15-34-18-8-5-16(6-9-18)19-10-7-17(13-29-19)21-30-14-20(31-21)24(11-4-12-24)25(26,27)28/h5-9,13-14,19H,4,10-12,15H2,1-3H3,(H,30,31). The van der Waals surface area contributed by atoms with E-state index in [1.54, 1.807) is 20.1 Å². The molecule has 1 aliphatic carbocycles. The second kappa shape index (κ2) is 8.92. The molecule has 0 amide bonds. The summed E-state index contributed by atoms with van der Waals surface area (Å²) >= 11 is 0. The number of nitrogens with zero attached hydrogens (tertiary/aromatic N) is 2. The number of allylic oxidation sites excluding steroid dienone is 1. The van der Waals surface area contributed by atoms with Crippen LogP contribution in [-0.2, 0) is 14.9 Å². The fourth-order valence-electron chi connectivity index (χ4n) is 4.23. The molecule has 0 bridgehead atoms. The van der Waals surface area contributed by atoms with E-state index < -0.39 is 17.0 Å². The number of imidazole rings is 1. The van der Waals surface area contributed by atoms with Crippen molar-refractivity contribution in [3.05, 3.63) is 53.6 Å². The third-order valence-electron chi connectivity index (χ3n) is 6.67. The molecule has 1 aliphatic heterocycles. The number of hydrogen-bond acceptors (Lipinski definition) is 5. The monoisotopic (exact) mass is 475 g/mol. The van der Waals surface area contributed by atoms with Crippen LogP contribution in [0.4, 0.5) is 13.2 Å². The third-order valence-corrected chi connectivity index (χ3v) is 6.67. The zero-order valence-corrected chi connectivity index (χ0v) is 19.4. The summed E-state index contributed by atoms with van der Waals surface area (Å²) in [6.45, 7) is 3.70. The van der Waals surface area contributed by atoms with Crippen molar-refractivity contribution in [2.45, 2.75) is 57.2 Å². The quantitative estimate of drug-likeness (QED) is 0.531. The number of alkyl halides is 3. The molecule has 1 unspecified atom stereocenters. The Kier molecular flexibility index (Phi) is 6.31. The molecule has 1 saturated carbocycles. The zero-order chi connectivity index (χ0) is 24.6. The average molecular weight is 476 g/mol. The number of hydrogen-bond donors (Lipinski definition) is 1. The van der Waals surface area contributed by atoms with Crippen LogP contribution in [0, 0.1) is 5.41 Å². The summed E-state index contributed by atoms with van der Waals surface area (Å²) in [6, 6.07) is 7.37. The summed E-state index contributed by atoms with van der Waals surface area (Å²) in [5.74, 6) is 0.701. The molecule has 2 heterocycles. The van der Waals surface area contributed by atoms with Crippen molar-refractivity contribution in [2.24, 2.45) is 10.4 Å². The van der Waals surface area contributed by atoms with Crippen molar-refractivity contribution >= 4 is 17.8 Å². The number of rotatable bonds is 7. The van der Waals surface area contributed by atoms with Crippen molar-refractivity contribution in [1.82, 2.24) is 9.97 Å². The average Bonchev–Trinajstić information content (AvgIpc) is 3.26. The minimum atomic E-state index is -4.29. The molecule has 6 nitrogen and oxygen atoms in total. The molecule has 1 aromatic heterocycles. The molecular weight excluding hydrogens is 447 g/mol. The number of aliphatic imine (C=N–C) groups is 1. The first-order valence-corrected chi connectivity index (χ1v) is 11.2. The highest BCUT2D eigenvalue weighted by Crippen LogP contribution is 2.54. The van der Waals surface area contributed by atoms with Crippen LogP contribution < -0.4 is 4.74 Å². The largest absolute Gasteiger partial charge is 0.492 e. The molecule has 0 saturated heterocycles. The summed E-state index contributed by atoms with van der Waals surface area (Å²) in [5.41, 5.74) is -0.764. The van der Waals surface area contributed by atoms with Gasteiger partial charge in [-0.25, -0.2) is 4.98 Å². The number of methoxy groups -OCH3 is 1. The van der Waals surface area contributed by atoms with Crippen LogP contribution in [0.1, 0.15) is 62.7 Å². The van der Waals surface area contributed by atoms with E-state index in [1.165, 1.54) is 13.3 Å². The van der Waals surface area contributed by atoms with Gasteiger partial charge in [0.15, 0.2) is 0 Å². The molecule has 1 aromatic carbocycles. The molecule has 0 radical (unpaired) electrons. The summed E-state index contributed by atoms with van der Waals surface area (Å²) in [4.78, 5) is 23.5. The van der Waals surface area contributed by atoms with E-state index >= 15 is 0 Å². The van der Waals surface area contributed by atoms with Crippen molar-refractivity contribution in [3.63, 3.8) is 0 Å². The van der Waals surface area contributed by atoms with Crippen LogP contribution in [0.25, 0.3) is 5.57 Å². The second-order valence-electron chi connectivity index (χ2n) is 9.50. The number of aromatic amines is 1. The van der Waals surface area contributed by atoms with E-state index in [2.05, 4.69) is 15.0 Å². The number of esters is 1. The summed E-state index contributed by atoms with van der Waals surface area (Å²) in [5, 5.41) is 0. The topological polar surface area (TPSA) is 76.6 Å². The first kappa shape index (κ1) is 24.0. The molecule has 1 atom stereocenters. The van der Waals surface area contributed by atoms with Crippen molar-refractivity contribution in [2.75, 3.05) is 13.7 Å². The predicted molar refractivity (Wildman–Crippen MR) is 122 cm³/mol. The van der Waals surface area contributed by atoms with Crippen molar-refractivity contribution < 1.29 is 27.4 Å². The number of nitrogens with one attached hydrogen (secondary N) is 1. The second-order valence-corrected chi connectivity index (χ2v) is 9.50. The Bertz CT molecular complexity index is 1100. The van der Waals surface area contributed by atoms with Gasteiger partial charge in [-0.2, -0.15) is 13.2 Å². The molecule has 182 valence electrons. The van der Waals surface area contributed by atoms with Gasteiger partial charge in [-0.1, -0.05) is 24.6 Å². The lowest BCUT2D eigenvalue weighted by atomic mass is 9.66. The molecule has 1 N–H and O–H groups in total. The maximum atomic E-state index is 13.6. The van der Waals surface area contributed by atoms with E-state index in [-0.39, 0.29) is 37.2 Å². The predicted octanol–water partition coefficient (Wildman–Crippen LogP) is 5.57. The number of benzene rings is 1. The van der Waals surface area contributed by atoms with Gasteiger partial charge in [-0.05, 0) is 50.8 Å². The van der Waals surface area contributed by atoms with Crippen LogP contribution in [-0.4, -0.2) is 42.0 Å². The van der Waals surface area contributed by atoms with Gasteiger partial charge in [0.25, 0.3) is 0 Å². The first-order valence-electron chi connectivity index (χ1n) is 11.2. The third kappa shape index (κ3) is 4.48. The van der Waals surface area contributed by atoms with Crippen molar-refractivity contribution in [3.8, 4) is 5.75 Å². The van der Waals surface area contributed by atoms with Gasteiger partial charge in [0, 0.05) is 18.0 Å². The van der Waals surface area contributed by atoms with Crippen LogP contribution in [0.15, 0.2) is 41.5 Å². The van der Waals surface area contributed by atoms with Crippen LogP contribution in [0.3, 0.4) is 0 Å². The van der Waals surface area contributed by atoms with E-state index in [0.717, 1.165) is 5.56 Å². The Balaban J connectivity index is 1.38. The van der Waals surface area contributed by atoms with Crippen LogP contribution in [0.5, 0.6) is 5.75 Å². The molecule has 0 spiro atoms. The number of halogens is 3. The summed E-state index contributed by atoms with van der Waals surface area (Å²) in [6.07, 6.45) is 1.95. The number of aromatic nitrogens is 2. The van der Waals surface area contributed by atoms with Crippen molar-refractivity contribution in [1.29, 1.82) is 0 Å². The van der Waals surface area contributed by atoms with Gasteiger partial charge in [-0.15, -0.1) is 0 Å². The number of ether oxygens (including phenoxy) is 2. The fourth-order valence-corrected chi connectivity index (χ4v) is 4.23. The number of dihydropyridines is 1. The van der Waals surface area contributed by atoms with E-state index in [1.807, 2.05) is 30.3 Å². The Morgan fingerprint density at radius 2 is 1.91 bits per heavy atom. The zero-order valence-electron chi connectivity index (χ0n) is 19.4. The molecule has 34 heavy (non-hydrogen) atoms. The smallest absolute Gasteiger partial charge is 0.399 e. The Hall–Kier alpha value is -3.10. The highest BCUT2D eigenvalue weighted by molar-refractivity contribution is 6.09. The van der Waals surface area contributed by atoms with Gasteiger partial charge in [0.05, 0.1) is 24.3 Å². The van der Waals surface area contributed by atoms with Gasteiger partial charge in [-0.3, -0.25) is 9.79 Å².